The van der Waals surface area contributed by atoms with E-state index in [0.29, 0.717) is 0 Å². The average Bonchev–Trinajstić information content (AvgIpc) is 3.06. The molecule has 2 rings (SSSR count). The summed E-state index contributed by atoms with van der Waals surface area (Å²) in [5.41, 5.74) is 5.06. The van der Waals surface area contributed by atoms with E-state index < -0.39 is 26.5 Å². The van der Waals surface area contributed by atoms with E-state index in [-0.39, 0.29) is 17.9 Å². The first kappa shape index (κ1) is 13.0. The zero-order valence-corrected chi connectivity index (χ0v) is 10.8. The number of aliphatic carboxylic acids is 1. The predicted molar refractivity (Wildman–Crippen MR) is 65.9 cm³/mol. The molecule has 0 amide bonds. The van der Waals surface area contributed by atoms with Crippen LogP contribution in [0.3, 0.4) is 0 Å². The van der Waals surface area contributed by atoms with Gasteiger partial charge >= 0.3 is 5.97 Å². The fourth-order valence-corrected chi connectivity index (χ4v) is 4.25. The van der Waals surface area contributed by atoms with Gasteiger partial charge in [-0.2, -0.15) is 0 Å². The second-order valence-corrected chi connectivity index (χ2v) is 6.85. The minimum absolute atomic E-state index is 0.0923. The van der Waals surface area contributed by atoms with Crippen LogP contribution in [-0.4, -0.2) is 31.3 Å². The van der Waals surface area contributed by atoms with Gasteiger partial charge in [0.2, 0.25) is 0 Å². The van der Waals surface area contributed by atoms with Crippen molar-refractivity contribution in [2.45, 2.75) is 23.5 Å². The lowest BCUT2D eigenvalue weighted by Crippen LogP contribution is -2.31. The summed E-state index contributed by atoms with van der Waals surface area (Å²) in [4.78, 5) is 11.3. The molecule has 18 heavy (non-hydrogen) atoms. The predicted octanol–water partition coefficient (Wildman–Crippen LogP) is 0.571. The van der Waals surface area contributed by atoms with Crippen LogP contribution in [-0.2, 0) is 14.6 Å². The maximum atomic E-state index is 12.3. The number of carbonyl (C=O) groups is 1. The van der Waals surface area contributed by atoms with Crippen molar-refractivity contribution in [1.29, 1.82) is 0 Å². The van der Waals surface area contributed by atoms with Crippen LogP contribution in [0.2, 0.25) is 0 Å². The summed E-state index contributed by atoms with van der Waals surface area (Å²) in [6.07, 6.45) is 0.0923. The van der Waals surface area contributed by atoms with Crippen LogP contribution < -0.4 is 5.73 Å². The van der Waals surface area contributed by atoms with Gasteiger partial charge in [-0.1, -0.05) is 17.7 Å². The fraction of sp³-hybridized carbons (Fsp3) is 0.417. The van der Waals surface area contributed by atoms with Crippen molar-refractivity contribution in [3.8, 4) is 0 Å². The minimum atomic E-state index is -3.61. The van der Waals surface area contributed by atoms with Gasteiger partial charge < -0.3 is 10.8 Å². The first-order valence-corrected chi connectivity index (χ1v) is 7.13. The summed E-state index contributed by atoms with van der Waals surface area (Å²) in [6.45, 7) is 1.70. The van der Waals surface area contributed by atoms with Gasteiger partial charge in [0.15, 0.2) is 9.84 Å². The standard InChI is InChI=1S/C12H15NO4S/c1-8-2-4-9(5-3-8)18(16,17)10-6-12(10,7-13)11(14)15/h2-5,10H,6-7,13H2,1H3,(H,14,15)/t10-,12-/m1/s1. The van der Waals surface area contributed by atoms with Gasteiger partial charge in [-0.3, -0.25) is 4.79 Å². The number of nitrogens with two attached hydrogens (primary N) is 1. The highest BCUT2D eigenvalue weighted by Crippen LogP contribution is 2.52. The van der Waals surface area contributed by atoms with Gasteiger partial charge in [-0.15, -0.1) is 0 Å². The molecule has 6 heteroatoms. The summed E-state index contributed by atoms with van der Waals surface area (Å²) in [6, 6.07) is 6.40. The summed E-state index contributed by atoms with van der Waals surface area (Å²) in [5.74, 6) is -1.13. The molecular formula is C12H15NO4S. The Morgan fingerprint density at radius 3 is 2.39 bits per heavy atom. The van der Waals surface area contributed by atoms with E-state index in [9.17, 15) is 13.2 Å². The number of aryl methyl sites for hydroxylation is 1. The average molecular weight is 269 g/mol. The number of carboxylic acid groups (broad SMARTS) is 1. The molecule has 2 atom stereocenters. The van der Waals surface area contributed by atoms with Crippen LogP contribution in [0.4, 0.5) is 0 Å². The molecule has 0 heterocycles. The van der Waals surface area contributed by atoms with Gasteiger partial charge in [-0.25, -0.2) is 8.42 Å². The van der Waals surface area contributed by atoms with Crippen molar-refractivity contribution < 1.29 is 18.3 Å². The van der Waals surface area contributed by atoms with E-state index in [2.05, 4.69) is 0 Å². The lowest BCUT2D eigenvalue weighted by Gasteiger charge is -2.10. The van der Waals surface area contributed by atoms with Gasteiger partial charge in [0.05, 0.1) is 15.6 Å². The summed E-state index contributed by atoms with van der Waals surface area (Å²) in [7, 11) is -3.61. The molecular weight excluding hydrogens is 254 g/mol. The number of benzene rings is 1. The fourth-order valence-electron chi connectivity index (χ4n) is 2.10. The summed E-state index contributed by atoms with van der Waals surface area (Å²) < 4.78 is 24.5. The molecule has 5 nitrogen and oxygen atoms in total. The molecule has 0 saturated heterocycles. The molecule has 0 radical (unpaired) electrons. The second kappa shape index (κ2) is 4.07. The highest BCUT2D eigenvalue weighted by Gasteiger charge is 2.66. The van der Waals surface area contributed by atoms with Gasteiger partial charge in [0.25, 0.3) is 0 Å². The van der Waals surface area contributed by atoms with Crippen molar-refractivity contribution >= 4 is 15.8 Å². The molecule has 0 aromatic heterocycles. The van der Waals surface area contributed by atoms with Crippen LogP contribution in [0.15, 0.2) is 29.2 Å². The van der Waals surface area contributed by atoms with Gasteiger partial charge in [0, 0.05) is 6.54 Å². The SMILES string of the molecule is Cc1ccc(S(=O)(=O)[C@@H]2C[C@]2(CN)C(=O)O)cc1. The van der Waals surface area contributed by atoms with E-state index in [1.807, 2.05) is 6.92 Å². The number of carboxylic acids is 1. The third kappa shape index (κ3) is 1.81. The maximum Gasteiger partial charge on any atom is 0.312 e. The Kier molecular flexibility index (Phi) is 2.95. The third-order valence-corrected chi connectivity index (χ3v) is 5.82. The van der Waals surface area contributed by atoms with Crippen molar-refractivity contribution in [1.82, 2.24) is 0 Å². The summed E-state index contributed by atoms with van der Waals surface area (Å²) >= 11 is 0. The van der Waals surface area contributed by atoms with Crippen molar-refractivity contribution in [2.24, 2.45) is 11.1 Å². The molecule has 1 aromatic rings. The lowest BCUT2D eigenvalue weighted by molar-refractivity contribution is -0.142. The Hall–Kier alpha value is -1.40. The number of hydrogen-bond acceptors (Lipinski definition) is 4. The molecule has 1 aliphatic rings. The largest absolute Gasteiger partial charge is 0.481 e. The van der Waals surface area contributed by atoms with E-state index in [0.717, 1.165) is 5.56 Å². The molecule has 98 valence electrons. The molecule has 1 fully saturated rings. The lowest BCUT2D eigenvalue weighted by atomic mass is 10.1. The Morgan fingerprint density at radius 2 is 2.00 bits per heavy atom. The second-order valence-electron chi connectivity index (χ2n) is 4.72. The quantitative estimate of drug-likeness (QED) is 0.832. The van der Waals surface area contributed by atoms with Crippen LogP contribution in [0.25, 0.3) is 0 Å². The van der Waals surface area contributed by atoms with Crippen LogP contribution >= 0.6 is 0 Å². The summed E-state index contributed by atoms with van der Waals surface area (Å²) in [5, 5.41) is 8.18. The first-order chi connectivity index (χ1) is 8.34. The highest BCUT2D eigenvalue weighted by atomic mass is 32.2. The van der Waals surface area contributed by atoms with E-state index >= 15 is 0 Å². The zero-order chi connectivity index (χ0) is 13.6. The number of hydrogen-bond donors (Lipinski definition) is 2. The molecule has 0 bridgehead atoms. The van der Waals surface area contributed by atoms with E-state index in [1.165, 1.54) is 12.1 Å². The molecule has 3 N–H and O–H groups in total. The minimum Gasteiger partial charge on any atom is -0.481 e. The van der Waals surface area contributed by atoms with E-state index in [1.54, 1.807) is 12.1 Å². The van der Waals surface area contributed by atoms with Crippen molar-refractivity contribution in [3.63, 3.8) is 0 Å². The van der Waals surface area contributed by atoms with Crippen molar-refractivity contribution in [2.75, 3.05) is 6.54 Å². The normalized spacial score (nSPS) is 26.9. The Morgan fingerprint density at radius 1 is 1.44 bits per heavy atom. The molecule has 0 aliphatic heterocycles. The highest BCUT2D eigenvalue weighted by molar-refractivity contribution is 7.92. The van der Waals surface area contributed by atoms with Gasteiger partial charge in [0.1, 0.15) is 0 Å². The molecule has 0 spiro atoms. The Bertz CT molecular complexity index is 579. The third-order valence-electron chi connectivity index (χ3n) is 3.52. The number of sulfone groups is 1. The monoisotopic (exact) mass is 269 g/mol. The van der Waals surface area contributed by atoms with Crippen LogP contribution in [0, 0.1) is 12.3 Å². The van der Waals surface area contributed by atoms with Crippen molar-refractivity contribution in [3.05, 3.63) is 29.8 Å². The number of rotatable bonds is 4. The topological polar surface area (TPSA) is 97.5 Å². The van der Waals surface area contributed by atoms with Crippen LogP contribution in [0.5, 0.6) is 0 Å². The maximum absolute atomic E-state index is 12.3. The molecule has 1 aliphatic carbocycles. The molecule has 1 saturated carbocycles. The van der Waals surface area contributed by atoms with Gasteiger partial charge in [-0.05, 0) is 25.5 Å². The zero-order valence-electron chi connectivity index (χ0n) is 9.96. The Balaban J connectivity index is 2.35. The van der Waals surface area contributed by atoms with Crippen LogP contribution in [0.1, 0.15) is 12.0 Å². The molecule has 1 aromatic carbocycles. The smallest absolute Gasteiger partial charge is 0.312 e. The van der Waals surface area contributed by atoms with E-state index in [4.69, 9.17) is 10.8 Å². The molecule has 0 unspecified atom stereocenters. The first-order valence-electron chi connectivity index (χ1n) is 5.58. The Labute approximate surface area is 106 Å².